The molecule has 1 aliphatic heterocycles. The van der Waals surface area contributed by atoms with E-state index >= 15 is 0 Å². The van der Waals surface area contributed by atoms with Gasteiger partial charge in [-0.1, -0.05) is 0 Å². The van der Waals surface area contributed by atoms with Gasteiger partial charge < -0.3 is 10.1 Å². The molecule has 1 aromatic rings. The summed E-state index contributed by atoms with van der Waals surface area (Å²) in [7, 11) is -3.58. The van der Waals surface area contributed by atoms with Crippen LogP contribution in [0.15, 0.2) is 27.6 Å². The number of nitrogens with one attached hydrogen (secondary N) is 1. The highest BCUT2D eigenvalue weighted by molar-refractivity contribution is 9.10. The first-order valence-corrected chi connectivity index (χ1v) is 10.5. The lowest BCUT2D eigenvalue weighted by molar-refractivity contribution is -0.787. The van der Waals surface area contributed by atoms with E-state index in [9.17, 15) is 8.42 Å². The molecule has 1 saturated heterocycles. The number of sulfonamides is 1. The number of quaternary nitrogens is 1. The second kappa shape index (κ2) is 6.94. The van der Waals surface area contributed by atoms with Gasteiger partial charge in [0.1, 0.15) is 5.75 Å². The predicted octanol–water partition coefficient (Wildman–Crippen LogP) is 2.41. The molecule has 0 aromatic heterocycles. The van der Waals surface area contributed by atoms with E-state index in [0.29, 0.717) is 12.4 Å². The molecule has 1 heterocycles. The van der Waals surface area contributed by atoms with Crippen LogP contribution in [-0.2, 0) is 10.0 Å². The van der Waals surface area contributed by atoms with Crippen molar-refractivity contribution in [3.8, 4) is 5.75 Å². The second-order valence-electron chi connectivity index (χ2n) is 7.87. The smallest absolute Gasteiger partial charge is 0.240 e. The van der Waals surface area contributed by atoms with E-state index in [4.69, 9.17) is 4.74 Å². The molecular weight excluding hydrogens is 392 g/mol. The van der Waals surface area contributed by atoms with Crippen LogP contribution in [0, 0.1) is 0 Å². The molecule has 24 heavy (non-hydrogen) atoms. The Balaban J connectivity index is 2.23. The summed E-state index contributed by atoms with van der Waals surface area (Å²) in [6.45, 7) is 11.0. The molecule has 0 aliphatic carbocycles. The number of piperidine rings is 1. The molecule has 0 saturated carbocycles. The lowest BCUT2D eigenvalue weighted by atomic mass is 9.80. The Morgan fingerprint density at radius 1 is 1.25 bits per heavy atom. The molecule has 0 atom stereocenters. The second-order valence-corrected chi connectivity index (χ2v) is 10.4. The fourth-order valence-corrected chi connectivity index (χ4v) is 5.42. The maximum absolute atomic E-state index is 12.8. The SMILES string of the molecule is CCOc1cc(S(=O)(=O)NC2CC(C)(C)[NH2+]C(C)(C)C2)ccc1Br. The van der Waals surface area contributed by atoms with Crippen LogP contribution in [0.25, 0.3) is 0 Å². The van der Waals surface area contributed by atoms with Crippen molar-refractivity contribution in [1.82, 2.24) is 4.72 Å². The molecule has 136 valence electrons. The van der Waals surface area contributed by atoms with Gasteiger partial charge in [0.25, 0.3) is 0 Å². The van der Waals surface area contributed by atoms with Crippen molar-refractivity contribution in [2.24, 2.45) is 0 Å². The topological polar surface area (TPSA) is 72.0 Å². The van der Waals surface area contributed by atoms with Gasteiger partial charge in [0, 0.05) is 24.9 Å². The molecular formula is C17H28BrN2O3S+. The van der Waals surface area contributed by atoms with Crippen LogP contribution in [0.2, 0.25) is 0 Å². The van der Waals surface area contributed by atoms with Gasteiger partial charge in [-0.25, -0.2) is 13.1 Å². The monoisotopic (exact) mass is 419 g/mol. The van der Waals surface area contributed by atoms with E-state index in [2.05, 4.69) is 53.7 Å². The first-order valence-electron chi connectivity index (χ1n) is 8.26. The van der Waals surface area contributed by atoms with E-state index in [1.54, 1.807) is 18.2 Å². The summed E-state index contributed by atoms with van der Waals surface area (Å²) >= 11 is 3.38. The van der Waals surface area contributed by atoms with Crippen molar-refractivity contribution in [1.29, 1.82) is 0 Å². The molecule has 1 aliphatic rings. The maximum Gasteiger partial charge on any atom is 0.240 e. The van der Waals surface area contributed by atoms with Gasteiger partial charge in [-0.15, -0.1) is 0 Å². The molecule has 1 fully saturated rings. The minimum Gasteiger partial charge on any atom is -0.493 e. The lowest BCUT2D eigenvalue weighted by Crippen LogP contribution is -3.06. The molecule has 2 rings (SSSR count). The van der Waals surface area contributed by atoms with Crippen molar-refractivity contribution < 1.29 is 18.5 Å². The van der Waals surface area contributed by atoms with Crippen LogP contribution >= 0.6 is 15.9 Å². The molecule has 0 radical (unpaired) electrons. The minimum absolute atomic E-state index is 0.00509. The zero-order valence-electron chi connectivity index (χ0n) is 15.0. The summed E-state index contributed by atoms with van der Waals surface area (Å²) in [5, 5.41) is 2.33. The molecule has 0 spiro atoms. The third-order valence-corrected chi connectivity index (χ3v) is 6.33. The van der Waals surface area contributed by atoms with Gasteiger partial charge in [-0.2, -0.15) is 0 Å². The maximum atomic E-state index is 12.8. The Kier molecular flexibility index (Phi) is 5.69. The van der Waals surface area contributed by atoms with Crippen molar-refractivity contribution in [2.75, 3.05) is 6.61 Å². The van der Waals surface area contributed by atoms with Crippen LogP contribution in [-0.4, -0.2) is 32.1 Å². The van der Waals surface area contributed by atoms with Gasteiger partial charge in [-0.05, 0) is 62.7 Å². The summed E-state index contributed by atoms with van der Waals surface area (Å²) in [5.41, 5.74) is 0.0102. The Morgan fingerprint density at radius 2 is 1.83 bits per heavy atom. The third kappa shape index (κ3) is 4.94. The Morgan fingerprint density at radius 3 is 2.38 bits per heavy atom. The zero-order valence-corrected chi connectivity index (χ0v) is 17.4. The lowest BCUT2D eigenvalue weighted by Gasteiger charge is -2.43. The molecule has 0 bridgehead atoms. The quantitative estimate of drug-likeness (QED) is 0.769. The number of halogens is 1. The number of benzene rings is 1. The molecule has 0 unspecified atom stereocenters. The summed E-state index contributed by atoms with van der Waals surface area (Å²) < 4.78 is 34.7. The number of hydrogen-bond donors (Lipinski definition) is 2. The largest absolute Gasteiger partial charge is 0.493 e. The van der Waals surface area contributed by atoms with Gasteiger partial charge >= 0.3 is 0 Å². The highest BCUT2D eigenvalue weighted by atomic mass is 79.9. The van der Waals surface area contributed by atoms with Crippen molar-refractivity contribution in [3.63, 3.8) is 0 Å². The van der Waals surface area contributed by atoms with Crippen molar-refractivity contribution in [3.05, 3.63) is 22.7 Å². The van der Waals surface area contributed by atoms with E-state index in [0.717, 1.165) is 17.3 Å². The predicted molar refractivity (Wildman–Crippen MR) is 98.7 cm³/mol. The Labute approximate surface area is 153 Å². The van der Waals surface area contributed by atoms with Crippen LogP contribution < -0.4 is 14.8 Å². The summed E-state index contributed by atoms with van der Waals surface area (Å²) in [6.07, 6.45) is 1.59. The van der Waals surface area contributed by atoms with Crippen molar-refractivity contribution in [2.45, 2.75) is 69.5 Å². The third-order valence-electron chi connectivity index (χ3n) is 4.16. The fraction of sp³-hybridized carbons (Fsp3) is 0.647. The van der Waals surface area contributed by atoms with E-state index in [1.165, 1.54) is 0 Å². The van der Waals surface area contributed by atoms with Crippen LogP contribution in [0.3, 0.4) is 0 Å². The molecule has 0 amide bonds. The normalized spacial score (nSPS) is 20.8. The van der Waals surface area contributed by atoms with E-state index in [1.807, 2.05) is 6.92 Å². The molecule has 7 heteroatoms. The standard InChI is InChI=1S/C17H27BrN2O3S/c1-6-23-15-9-13(7-8-14(15)18)24(21,22)19-12-10-16(2,3)20-17(4,5)11-12/h7-9,12,19-20H,6,10-11H2,1-5H3/p+1. The van der Waals surface area contributed by atoms with E-state index in [-0.39, 0.29) is 22.0 Å². The van der Waals surface area contributed by atoms with Crippen LogP contribution in [0.4, 0.5) is 0 Å². The summed E-state index contributed by atoms with van der Waals surface area (Å²) in [6, 6.07) is 4.80. The van der Waals surface area contributed by atoms with Crippen LogP contribution in [0.1, 0.15) is 47.5 Å². The molecule has 1 aromatic carbocycles. The van der Waals surface area contributed by atoms with Crippen molar-refractivity contribution >= 4 is 26.0 Å². The van der Waals surface area contributed by atoms with Gasteiger partial charge in [-0.3, -0.25) is 0 Å². The van der Waals surface area contributed by atoms with Gasteiger partial charge in [0.2, 0.25) is 10.0 Å². The first-order chi connectivity index (χ1) is 10.9. The van der Waals surface area contributed by atoms with E-state index < -0.39 is 10.0 Å². The van der Waals surface area contributed by atoms with Gasteiger partial charge in [0.05, 0.1) is 27.1 Å². The Bertz CT molecular complexity index is 686. The highest BCUT2D eigenvalue weighted by Crippen LogP contribution is 2.29. The Hall–Kier alpha value is -0.630. The first kappa shape index (κ1) is 19.7. The average Bonchev–Trinajstić information content (AvgIpc) is 2.36. The average molecular weight is 420 g/mol. The number of ether oxygens (including phenoxy) is 1. The van der Waals surface area contributed by atoms with Gasteiger partial charge in [0.15, 0.2) is 0 Å². The number of hydrogen-bond acceptors (Lipinski definition) is 3. The van der Waals surface area contributed by atoms with Crippen LogP contribution in [0.5, 0.6) is 5.75 Å². The highest BCUT2D eigenvalue weighted by Gasteiger charge is 2.42. The summed E-state index contributed by atoms with van der Waals surface area (Å²) in [5.74, 6) is 0.540. The summed E-state index contributed by atoms with van der Waals surface area (Å²) in [4.78, 5) is 0.235. The molecule has 5 nitrogen and oxygen atoms in total. The minimum atomic E-state index is -3.58. The number of nitrogens with two attached hydrogens (primary N) is 1. The fourth-order valence-electron chi connectivity index (χ4n) is 3.81. The zero-order chi connectivity index (χ0) is 18.2. The number of rotatable bonds is 5. The molecule has 3 N–H and O–H groups in total.